The lowest BCUT2D eigenvalue weighted by Gasteiger charge is -2.30. The SMILES string of the molecule is O=S(=O)(NC[C@@H]1CO[C@H]2CN(CC3CCC3)C[C@@H]12)c1ccccc1. The number of likely N-dealkylation sites (tertiary alicyclic amines) is 1. The molecule has 0 unspecified atom stereocenters. The molecule has 4 rings (SSSR count). The Morgan fingerprint density at radius 1 is 1.17 bits per heavy atom. The Hall–Kier alpha value is -0.950. The van der Waals surface area contributed by atoms with E-state index in [1.54, 1.807) is 24.3 Å². The third kappa shape index (κ3) is 3.38. The number of fused-ring (bicyclic) bond motifs is 1. The Kier molecular flexibility index (Phi) is 4.64. The van der Waals surface area contributed by atoms with Crippen LogP contribution in [0.2, 0.25) is 0 Å². The normalized spacial score (nSPS) is 31.1. The standard InChI is InChI=1S/C18H26N2O3S/c21-24(22,16-7-2-1-3-8-16)19-9-15-13-23-18-12-20(11-17(15)18)10-14-5-4-6-14/h1-3,7-8,14-15,17-19H,4-6,9-13H2/t15-,17+,18+/m1/s1. The first kappa shape index (κ1) is 16.5. The molecule has 5 nitrogen and oxygen atoms in total. The maximum atomic E-state index is 12.4. The fourth-order valence-electron chi connectivity index (χ4n) is 4.18. The highest BCUT2D eigenvalue weighted by atomic mass is 32.2. The summed E-state index contributed by atoms with van der Waals surface area (Å²) in [6, 6.07) is 8.58. The van der Waals surface area contributed by atoms with E-state index in [0.29, 0.717) is 24.0 Å². The third-order valence-corrected chi connectivity index (χ3v) is 7.28. The molecule has 0 amide bonds. The van der Waals surface area contributed by atoms with E-state index in [4.69, 9.17) is 4.74 Å². The molecule has 1 aliphatic carbocycles. The maximum Gasteiger partial charge on any atom is 0.240 e. The quantitative estimate of drug-likeness (QED) is 0.849. The fourth-order valence-corrected chi connectivity index (χ4v) is 5.30. The van der Waals surface area contributed by atoms with Crippen molar-refractivity contribution in [3.63, 3.8) is 0 Å². The summed E-state index contributed by atoms with van der Waals surface area (Å²) in [5, 5.41) is 0. The van der Waals surface area contributed by atoms with Crippen LogP contribution in [0.25, 0.3) is 0 Å². The van der Waals surface area contributed by atoms with Crippen molar-refractivity contribution in [3.8, 4) is 0 Å². The molecule has 1 saturated carbocycles. The Bertz CT molecular complexity index is 660. The molecule has 2 aliphatic heterocycles. The lowest BCUT2D eigenvalue weighted by molar-refractivity contribution is 0.0886. The predicted molar refractivity (Wildman–Crippen MR) is 92.1 cm³/mol. The van der Waals surface area contributed by atoms with E-state index in [1.807, 2.05) is 6.07 Å². The zero-order chi connectivity index (χ0) is 16.6. The van der Waals surface area contributed by atoms with Gasteiger partial charge >= 0.3 is 0 Å². The second-order valence-electron chi connectivity index (χ2n) is 7.48. The second kappa shape index (κ2) is 6.75. The minimum Gasteiger partial charge on any atom is -0.376 e. The lowest BCUT2D eigenvalue weighted by atomic mass is 9.85. The number of hydrogen-bond donors (Lipinski definition) is 1. The van der Waals surface area contributed by atoms with Gasteiger partial charge in [0.1, 0.15) is 0 Å². The zero-order valence-electron chi connectivity index (χ0n) is 13.9. The first-order chi connectivity index (χ1) is 11.6. The average molecular weight is 350 g/mol. The van der Waals surface area contributed by atoms with E-state index >= 15 is 0 Å². The molecule has 0 bridgehead atoms. The molecular weight excluding hydrogens is 324 g/mol. The summed E-state index contributed by atoms with van der Waals surface area (Å²) in [6.07, 6.45) is 4.41. The molecule has 2 saturated heterocycles. The smallest absolute Gasteiger partial charge is 0.240 e. The van der Waals surface area contributed by atoms with Crippen molar-refractivity contribution < 1.29 is 13.2 Å². The molecule has 1 aromatic carbocycles. The molecule has 1 N–H and O–H groups in total. The summed E-state index contributed by atoms with van der Waals surface area (Å²) in [6.45, 7) is 4.40. The maximum absolute atomic E-state index is 12.4. The van der Waals surface area contributed by atoms with Crippen molar-refractivity contribution in [2.24, 2.45) is 17.8 Å². The van der Waals surface area contributed by atoms with Crippen molar-refractivity contribution in [1.29, 1.82) is 0 Å². The predicted octanol–water partition coefficient (Wildman–Crippen LogP) is 1.71. The number of rotatable bonds is 6. The van der Waals surface area contributed by atoms with Crippen LogP contribution in [-0.2, 0) is 14.8 Å². The largest absolute Gasteiger partial charge is 0.376 e. The van der Waals surface area contributed by atoms with Gasteiger partial charge in [0, 0.05) is 38.0 Å². The van der Waals surface area contributed by atoms with Gasteiger partial charge in [0.25, 0.3) is 0 Å². The van der Waals surface area contributed by atoms with Crippen LogP contribution >= 0.6 is 0 Å². The van der Waals surface area contributed by atoms with Crippen LogP contribution in [-0.4, -0.2) is 52.2 Å². The molecule has 6 heteroatoms. The molecule has 1 aromatic rings. The number of sulfonamides is 1. The van der Waals surface area contributed by atoms with Gasteiger partial charge < -0.3 is 9.64 Å². The first-order valence-corrected chi connectivity index (χ1v) is 10.5. The molecule has 3 atom stereocenters. The van der Waals surface area contributed by atoms with Crippen LogP contribution in [0.1, 0.15) is 19.3 Å². The van der Waals surface area contributed by atoms with Crippen LogP contribution in [0.5, 0.6) is 0 Å². The summed E-state index contributed by atoms with van der Waals surface area (Å²) >= 11 is 0. The topological polar surface area (TPSA) is 58.6 Å². The molecule has 132 valence electrons. The highest BCUT2D eigenvalue weighted by Crippen LogP contribution is 2.36. The van der Waals surface area contributed by atoms with Crippen molar-refractivity contribution in [2.75, 3.05) is 32.8 Å². The van der Waals surface area contributed by atoms with Crippen LogP contribution in [0.4, 0.5) is 0 Å². The van der Waals surface area contributed by atoms with Crippen LogP contribution in [0.3, 0.4) is 0 Å². The fraction of sp³-hybridized carbons (Fsp3) is 0.667. The van der Waals surface area contributed by atoms with Crippen molar-refractivity contribution >= 4 is 10.0 Å². The first-order valence-electron chi connectivity index (χ1n) is 9.00. The van der Waals surface area contributed by atoms with Gasteiger partial charge in [0.15, 0.2) is 0 Å². The number of benzene rings is 1. The van der Waals surface area contributed by atoms with E-state index < -0.39 is 10.0 Å². The Labute approximate surface area is 144 Å². The molecule has 24 heavy (non-hydrogen) atoms. The molecular formula is C18H26N2O3S. The Morgan fingerprint density at radius 2 is 1.96 bits per heavy atom. The average Bonchev–Trinajstić information content (AvgIpc) is 3.10. The summed E-state index contributed by atoms with van der Waals surface area (Å²) in [5.74, 6) is 1.61. The van der Waals surface area contributed by atoms with E-state index in [0.717, 1.165) is 19.0 Å². The molecule has 2 heterocycles. The molecule has 3 aliphatic rings. The lowest BCUT2D eigenvalue weighted by Crippen LogP contribution is -2.35. The van der Waals surface area contributed by atoms with Crippen molar-refractivity contribution in [3.05, 3.63) is 30.3 Å². The Balaban J connectivity index is 1.32. The van der Waals surface area contributed by atoms with E-state index in [9.17, 15) is 8.42 Å². The monoisotopic (exact) mass is 350 g/mol. The van der Waals surface area contributed by atoms with Crippen molar-refractivity contribution in [1.82, 2.24) is 9.62 Å². The highest BCUT2D eigenvalue weighted by Gasteiger charge is 2.44. The van der Waals surface area contributed by atoms with Gasteiger partial charge in [-0.1, -0.05) is 24.6 Å². The van der Waals surface area contributed by atoms with Gasteiger partial charge in [0.2, 0.25) is 10.0 Å². The van der Waals surface area contributed by atoms with Gasteiger partial charge in [-0.05, 0) is 30.9 Å². The summed E-state index contributed by atoms with van der Waals surface area (Å²) in [5.41, 5.74) is 0. The molecule has 0 aromatic heterocycles. The van der Waals surface area contributed by atoms with Crippen LogP contribution in [0, 0.1) is 17.8 Å². The highest BCUT2D eigenvalue weighted by molar-refractivity contribution is 7.89. The summed E-state index contributed by atoms with van der Waals surface area (Å²) < 4.78 is 33.5. The van der Waals surface area contributed by atoms with Crippen molar-refractivity contribution in [2.45, 2.75) is 30.3 Å². The van der Waals surface area contributed by atoms with Gasteiger partial charge in [-0.2, -0.15) is 0 Å². The van der Waals surface area contributed by atoms with Gasteiger partial charge in [0.05, 0.1) is 17.6 Å². The van der Waals surface area contributed by atoms with Crippen LogP contribution < -0.4 is 4.72 Å². The number of nitrogens with zero attached hydrogens (tertiary/aromatic N) is 1. The van der Waals surface area contributed by atoms with Gasteiger partial charge in [-0.3, -0.25) is 0 Å². The number of nitrogens with one attached hydrogen (secondary N) is 1. The van der Waals surface area contributed by atoms with Crippen LogP contribution in [0.15, 0.2) is 35.2 Å². The minimum atomic E-state index is -3.42. The zero-order valence-corrected chi connectivity index (χ0v) is 14.7. The molecule has 3 fully saturated rings. The number of ether oxygens (including phenoxy) is 1. The minimum absolute atomic E-state index is 0.278. The van der Waals surface area contributed by atoms with E-state index in [1.165, 1.54) is 25.8 Å². The Morgan fingerprint density at radius 3 is 2.67 bits per heavy atom. The van der Waals surface area contributed by atoms with Gasteiger partial charge in [-0.25, -0.2) is 13.1 Å². The van der Waals surface area contributed by atoms with E-state index in [2.05, 4.69) is 9.62 Å². The molecule has 0 radical (unpaired) electrons. The molecule has 0 spiro atoms. The third-order valence-electron chi connectivity index (χ3n) is 5.84. The van der Waals surface area contributed by atoms with Gasteiger partial charge in [-0.15, -0.1) is 0 Å². The summed E-state index contributed by atoms with van der Waals surface area (Å²) in [7, 11) is -3.42. The van der Waals surface area contributed by atoms with E-state index in [-0.39, 0.29) is 12.0 Å². The number of hydrogen-bond acceptors (Lipinski definition) is 4. The second-order valence-corrected chi connectivity index (χ2v) is 9.24. The summed E-state index contributed by atoms with van der Waals surface area (Å²) in [4.78, 5) is 2.86.